The van der Waals surface area contributed by atoms with Crippen LogP contribution in [0.1, 0.15) is 50.2 Å². The summed E-state index contributed by atoms with van der Waals surface area (Å²) < 4.78 is 19.8. The molecule has 30 heavy (non-hydrogen) atoms. The van der Waals surface area contributed by atoms with E-state index < -0.39 is 11.9 Å². The third-order valence-electron chi connectivity index (χ3n) is 6.25. The molecule has 0 bridgehead atoms. The molecular weight excluding hydrogens is 379 g/mol. The van der Waals surface area contributed by atoms with E-state index in [-0.39, 0.29) is 12.3 Å². The van der Waals surface area contributed by atoms with Gasteiger partial charge in [-0.25, -0.2) is 9.18 Å². The summed E-state index contributed by atoms with van der Waals surface area (Å²) in [5, 5.41) is 2.50. The third kappa shape index (κ3) is 4.90. The van der Waals surface area contributed by atoms with E-state index in [1.54, 1.807) is 6.07 Å². The monoisotopic (exact) mass is 408 g/mol. The Morgan fingerprint density at radius 3 is 2.70 bits per heavy atom. The Labute approximate surface area is 177 Å². The molecule has 2 atom stereocenters. The number of hydrogen-bond donors (Lipinski definition) is 1. The minimum Gasteiger partial charge on any atom is -0.444 e. The lowest BCUT2D eigenvalue weighted by Crippen LogP contribution is -2.38. The molecule has 1 fully saturated rings. The van der Waals surface area contributed by atoms with Crippen molar-refractivity contribution in [2.45, 2.75) is 57.7 Å². The van der Waals surface area contributed by atoms with Crippen LogP contribution in [0, 0.1) is 5.82 Å². The van der Waals surface area contributed by atoms with Crippen molar-refractivity contribution >= 4 is 17.4 Å². The van der Waals surface area contributed by atoms with Gasteiger partial charge in [0.15, 0.2) is 0 Å². The zero-order chi connectivity index (χ0) is 20.9. The van der Waals surface area contributed by atoms with Gasteiger partial charge in [-0.15, -0.1) is 0 Å². The van der Waals surface area contributed by atoms with E-state index >= 15 is 0 Å². The number of carbonyl (C=O) groups is 1. The summed E-state index contributed by atoms with van der Waals surface area (Å²) in [5.74, 6) is -0.444. The SMILES string of the molecule is C[C@H]1CCCN1C1CC=C(c2ccc(NC(=O)OCc3ccccc3)c(F)c2)CC1. The first-order valence-corrected chi connectivity index (χ1v) is 10.8. The second-order valence-electron chi connectivity index (χ2n) is 8.27. The molecule has 2 aromatic carbocycles. The zero-order valence-electron chi connectivity index (χ0n) is 17.4. The van der Waals surface area contributed by atoms with Gasteiger partial charge in [-0.2, -0.15) is 0 Å². The van der Waals surface area contributed by atoms with Crippen molar-refractivity contribution in [3.63, 3.8) is 0 Å². The summed E-state index contributed by atoms with van der Waals surface area (Å²) in [6.07, 6.45) is 7.28. The first-order valence-electron chi connectivity index (χ1n) is 10.8. The second kappa shape index (κ2) is 9.43. The topological polar surface area (TPSA) is 41.6 Å². The van der Waals surface area contributed by atoms with Crippen LogP contribution < -0.4 is 5.32 Å². The average Bonchev–Trinajstić information content (AvgIpc) is 3.20. The van der Waals surface area contributed by atoms with E-state index in [1.807, 2.05) is 36.4 Å². The number of ether oxygens (including phenoxy) is 1. The number of nitrogens with one attached hydrogen (secondary N) is 1. The molecule has 1 aliphatic heterocycles. The van der Waals surface area contributed by atoms with Crippen LogP contribution >= 0.6 is 0 Å². The van der Waals surface area contributed by atoms with Crippen molar-refractivity contribution in [1.82, 2.24) is 4.90 Å². The molecule has 2 aromatic rings. The molecule has 158 valence electrons. The summed E-state index contributed by atoms with van der Waals surface area (Å²) >= 11 is 0. The predicted octanol–water partition coefficient (Wildman–Crippen LogP) is 5.99. The number of likely N-dealkylation sites (tertiary alicyclic amines) is 1. The minimum atomic E-state index is -0.662. The van der Waals surface area contributed by atoms with Crippen LogP contribution in [0.3, 0.4) is 0 Å². The molecule has 4 nitrogen and oxygen atoms in total. The molecule has 1 unspecified atom stereocenters. The van der Waals surface area contributed by atoms with Gasteiger partial charge in [0.25, 0.3) is 0 Å². The summed E-state index contributed by atoms with van der Waals surface area (Å²) in [5.41, 5.74) is 3.10. The van der Waals surface area contributed by atoms with Crippen molar-refractivity contribution in [3.05, 3.63) is 71.6 Å². The predicted molar refractivity (Wildman–Crippen MR) is 118 cm³/mol. The number of amides is 1. The fourth-order valence-corrected chi connectivity index (χ4v) is 4.57. The van der Waals surface area contributed by atoms with Gasteiger partial charge in [0, 0.05) is 12.1 Å². The fourth-order valence-electron chi connectivity index (χ4n) is 4.57. The number of hydrogen-bond acceptors (Lipinski definition) is 3. The molecule has 1 N–H and O–H groups in total. The number of anilines is 1. The summed E-state index contributed by atoms with van der Waals surface area (Å²) in [6.45, 7) is 3.67. The molecule has 1 saturated heterocycles. The molecule has 0 radical (unpaired) electrons. The Kier molecular flexibility index (Phi) is 6.48. The average molecular weight is 409 g/mol. The van der Waals surface area contributed by atoms with E-state index in [0.717, 1.165) is 30.4 Å². The van der Waals surface area contributed by atoms with E-state index in [1.165, 1.54) is 31.0 Å². The largest absolute Gasteiger partial charge is 0.444 e. The van der Waals surface area contributed by atoms with Gasteiger partial charge in [-0.05, 0) is 74.4 Å². The molecule has 5 heteroatoms. The maximum Gasteiger partial charge on any atom is 0.412 e. The Balaban J connectivity index is 1.34. The first kappa shape index (κ1) is 20.6. The highest BCUT2D eigenvalue weighted by atomic mass is 19.1. The molecule has 0 spiro atoms. The molecule has 0 aromatic heterocycles. The summed E-state index contributed by atoms with van der Waals surface area (Å²) in [7, 11) is 0. The standard InChI is InChI=1S/C25H29FN2O2/c1-18-6-5-15-28(18)22-12-9-20(10-13-22)21-11-14-24(23(26)16-21)27-25(29)30-17-19-7-3-2-4-8-19/h2-4,7-9,11,14,16,18,22H,5-6,10,12-13,15,17H2,1H3,(H,27,29)/t18-,22?/m0/s1. The van der Waals surface area contributed by atoms with Gasteiger partial charge in [0.1, 0.15) is 12.4 Å². The number of rotatable bonds is 5. The second-order valence-corrected chi connectivity index (χ2v) is 8.27. The highest BCUT2D eigenvalue weighted by molar-refractivity contribution is 5.85. The lowest BCUT2D eigenvalue weighted by Gasteiger charge is -2.33. The smallest absolute Gasteiger partial charge is 0.412 e. The quantitative estimate of drug-likeness (QED) is 0.660. The van der Waals surface area contributed by atoms with Crippen molar-refractivity contribution in [2.24, 2.45) is 0 Å². The lowest BCUT2D eigenvalue weighted by molar-refractivity contribution is 0.155. The molecule has 1 heterocycles. The minimum absolute atomic E-state index is 0.136. The maximum absolute atomic E-state index is 14.6. The van der Waals surface area contributed by atoms with Gasteiger partial charge < -0.3 is 4.74 Å². The number of nitrogens with zero attached hydrogens (tertiary/aromatic N) is 1. The number of carbonyl (C=O) groups excluding carboxylic acids is 1. The van der Waals surface area contributed by atoms with Crippen molar-refractivity contribution < 1.29 is 13.9 Å². The third-order valence-corrected chi connectivity index (χ3v) is 6.25. The van der Waals surface area contributed by atoms with Crippen LogP contribution in [-0.4, -0.2) is 29.6 Å². The van der Waals surface area contributed by atoms with Crippen molar-refractivity contribution in [2.75, 3.05) is 11.9 Å². The first-order chi connectivity index (χ1) is 14.6. The van der Waals surface area contributed by atoms with Gasteiger partial charge in [-0.1, -0.05) is 42.5 Å². The molecule has 1 amide bonds. The highest BCUT2D eigenvalue weighted by Gasteiger charge is 2.28. The van der Waals surface area contributed by atoms with E-state index in [2.05, 4.69) is 23.2 Å². The van der Waals surface area contributed by atoms with Crippen LogP contribution in [0.25, 0.3) is 5.57 Å². The van der Waals surface area contributed by atoms with Gasteiger partial charge in [0.05, 0.1) is 5.69 Å². The van der Waals surface area contributed by atoms with Crippen LogP contribution in [-0.2, 0) is 11.3 Å². The molecule has 0 saturated carbocycles. The van der Waals surface area contributed by atoms with Crippen LogP contribution in [0.4, 0.5) is 14.9 Å². The van der Waals surface area contributed by atoms with Crippen LogP contribution in [0.2, 0.25) is 0 Å². The van der Waals surface area contributed by atoms with E-state index in [0.29, 0.717) is 12.1 Å². The number of benzene rings is 2. The fraction of sp³-hybridized carbons (Fsp3) is 0.400. The Morgan fingerprint density at radius 2 is 2.03 bits per heavy atom. The van der Waals surface area contributed by atoms with E-state index in [4.69, 9.17) is 4.74 Å². The normalized spacial score (nSPS) is 21.9. The molecular formula is C25H29FN2O2. The summed E-state index contributed by atoms with van der Waals surface area (Å²) in [6, 6.07) is 15.7. The molecule has 2 aliphatic rings. The number of allylic oxidation sites excluding steroid dienone is 1. The van der Waals surface area contributed by atoms with Crippen molar-refractivity contribution in [3.8, 4) is 0 Å². The number of halogens is 1. The van der Waals surface area contributed by atoms with E-state index in [9.17, 15) is 9.18 Å². The van der Waals surface area contributed by atoms with Gasteiger partial charge in [0.2, 0.25) is 0 Å². The van der Waals surface area contributed by atoms with Gasteiger partial charge >= 0.3 is 6.09 Å². The van der Waals surface area contributed by atoms with Gasteiger partial charge in [-0.3, -0.25) is 10.2 Å². The molecule has 1 aliphatic carbocycles. The Hall–Kier alpha value is -2.66. The molecule has 4 rings (SSSR count). The highest BCUT2D eigenvalue weighted by Crippen LogP contribution is 2.33. The maximum atomic E-state index is 14.6. The Morgan fingerprint density at radius 1 is 1.20 bits per heavy atom. The lowest BCUT2D eigenvalue weighted by atomic mass is 9.89. The zero-order valence-corrected chi connectivity index (χ0v) is 17.4. The Bertz CT molecular complexity index is 913. The van der Waals surface area contributed by atoms with Crippen LogP contribution in [0.15, 0.2) is 54.6 Å². The van der Waals surface area contributed by atoms with Crippen molar-refractivity contribution in [1.29, 1.82) is 0 Å². The van der Waals surface area contributed by atoms with Crippen LogP contribution in [0.5, 0.6) is 0 Å². The summed E-state index contributed by atoms with van der Waals surface area (Å²) in [4.78, 5) is 14.6.